The number of rotatable bonds is 4. The zero-order valence-corrected chi connectivity index (χ0v) is 12.1. The maximum atomic E-state index is 11.4. The van der Waals surface area contributed by atoms with Crippen LogP contribution in [-0.2, 0) is 11.2 Å². The Labute approximate surface area is 120 Å². The Balaban J connectivity index is 2.30. The number of nitrogens with zero attached hydrogens (tertiary/aromatic N) is 1. The van der Waals surface area contributed by atoms with E-state index in [9.17, 15) is 9.90 Å². The third-order valence-electron chi connectivity index (χ3n) is 2.98. The molecule has 1 aromatic carbocycles. The van der Waals surface area contributed by atoms with Gasteiger partial charge < -0.3 is 5.11 Å². The van der Waals surface area contributed by atoms with Crippen molar-refractivity contribution in [2.45, 2.75) is 19.3 Å². The Morgan fingerprint density at radius 3 is 2.53 bits per heavy atom. The Morgan fingerprint density at radius 1 is 1.26 bits per heavy atom. The van der Waals surface area contributed by atoms with Crippen LogP contribution in [0, 0.1) is 6.92 Å². The van der Waals surface area contributed by atoms with Gasteiger partial charge in [-0.1, -0.05) is 30.3 Å². The van der Waals surface area contributed by atoms with Gasteiger partial charge in [0.25, 0.3) is 0 Å². The van der Waals surface area contributed by atoms with E-state index in [-0.39, 0.29) is 0 Å². The van der Waals surface area contributed by atoms with Gasteiger partial charge in [0.1, 0.15) is 5.92 Å². The van der Waals surface area contributed by atoms with Gasteiger partial charge in [-0.3, -0.25) is 9.78 Å². The number of hydrogen-bond acceptors (Lipinski definition) is 2. The van der Waals surface area contributed by atoms with Crippen LogP contribution in [0.2, 0.25) is 0 Å². The highest BCUT2D eigenvalue weighted by Crippen LogP contribution is 2.23. The lowest BCUT2D eigenvalue weighted by Gasteiger charge is -2.13. The van der Waals surface area contributed by atoms with Gasteiger partial charge in [-0.05, 0) is 47.0 Å². The number of carbonyl (C=O) groups is 1. The largest absolute Gasteiger partial charge is 0.481 e. The molecule has 0 aliphatic heterocycles. The first-order valence-corrected chi connectivity index (χ1v) is 6.77. The van der Waals surface area contributed by atoms with E-state index in [2.05, 4.69) is 20.9 Å². The van der Waals surface area contributed by atoms with Crippen molar-refractivity contribution >= 4 is 21.9 Å². The summed E-state index contributed by atoms with van der Waals surface area (Å²) >= 11 is 3.37. The summed E-state index contributed by atoms with van der Waals surface area (Å²) in [5, 5.41) is 9.40. The minimum absolute atomic E-state index is 0.449. The molecule has 1 unspecified atom stereocenters. The average molecular weight is 320 g/mol. The van der Waals surface area contributed by atoms with E-state index in [1.807, 2.05) is 43.3 Å². The molecule has 0 spiro atoms. The van der Waals surface area contributed by atoms with E-state index < -0.39 is 11.9 Å². The highest BCUT2D eigenvalue weighted by Gasteiger charge is 2.22. The Morgan fingerprint density at radius 2 is 1.95 bits per heavy atom. The van der Waals surface area contributed by atoms with Gasteiger partial charge in [0, 0.05) is 4.47 Å². The fourth-order valence-corrected chi connectivity index (χ4v) is 2.15. The minimum Gasteiger partial charge on any atom is -0.481 e. The number of benzene rings is 1. The van der Waals surface area contributed by atoms with E-state index in [1.54, 1.807) is 6.07 Å². The van der Waals surface area contributed by atoms with Gasteiger partial charge in [0.15, 0.2) is 0 Å². The lowest BCUT2D eigenvalue weighted by molar-refractivity contribution is -0.138. The molecule has 0 aliphatic rings. The number of halogens is 1. The molecule has 4 heteroatoms. The second kappa shape index (κ2) is 5.97. The number of carboxylic acids is 1. The first-order valence-electron chi connectivity index (χ1n) is 5.97. The van der Waals surface area contributed by atoms with E-state index in [4.69, 9.17) is 0 Å². The second-order valence-electron chi connectivity index (χ2n) is 4.38. The summed E-state index contributed by atoms with van der Waals surface area (Å²) in [6.07, 6.45) is 0.449. The number of aliphatic carboxylic acids is 1. The number of aryl methyl sites for hydroxylation is 1. The second-order valence-corrected chi connectivity index (χ2v) is 5.24. The molecule has 0 fully saturated rings. The molecule has 1 N–H and O–H groups in total. The van der Waals surface area contributed by atoms with Gasteiger partial charge in [-0.2, -0.15) is 0 Å². The summed E-state index contributed by atoms with van der Waals surface area (Å²) in [5.41, 5.74) is 2.39. The van der Waals surface area contributed by atoms with E-state index in [0.717, 1.165) is 15.7 Å². The van der Waals surface area contributed by atoms with Crippen LogP contribution in [0.15, 0.2) is 46.9 Å². The number of hydrogen-bond donors (Lipinski definition) is 1. The van der Waals surface area contributed by atoms with Crippen LogP contribution < -0.4 is 0 Å². The fraction of sp³-hybridized carbons (Fsp3) is 0.200. The van der Waals surface area contributed by atoms with Crippen LogP contribution in [0.3, 0.4) is 0 Å². The number of pyridine rings is 1. The van der Waals surface area contributed by atoms with Crippen molar-refractivity contribution in [2.24, 2.45) is 0 Å². The van der Waals surface area contributed by atoms with E-state index in [0.29, 0.717) is 12.1 Å². The zero-order valence-electron chi connectivity index (χ0n) is 10.5. The molecule has 1 atom stereocenters. The Hall–Kier alpha value is -1.68. The topological polar surface area (TPSA) is 50.2 Å². The molecule has 2 rings (SSSR count). The summed E-state index contributed by atoms with van der Waals surface area (Å²) in [6.45, 7) is 1.86. The lowest BCUT2D eigenvalue weighted by Crippen LogP contribution is -2.16. The molecule has 1 heterocycles. The fourth-order valence-electron chi connectivity index (χ4n) is 1.93. The van der Waals surface area contributed by atoms with Crippen LogP contribution in [-0.4, -0.2) is 16.1 Å². The maximum absolute atomic E-state index is 11.4. The zero-order chi connectivity index (χ0) is 13.8. The van der Waals surface area contributed by atoms with Crippen LogP contribution in [0.25, 0.3) is 0 Å². The molecular formula is C15H14BrNO2. The van der Waals surface area contributed by atoms with Crippen molar-refractivity contribution in [3.8, 4) is 0 Å². The average Bonchev–Trinajstić information content (AvgIpc) is 2.40. The molecule has 0 saturated heterocycles. The molecule has 0 aliphatic carbocycles. The molecule has 2 aromatic rings. The first kappa shape index (κ1) is 13.7. The molecular weight excluding hydrogens is 306 g/mol. The lowest BCUT2D eigenvalue weighted by atomic mass is 9.95. The minimum atomic E-state index is -0.849. The van der Waals surface area contributed by atoms with Crippen molar-refractivity contribution in [1.82, 2.24) is 4.98 Å². The molecule has 0 amide bonds. The van der Waals surface area contributed by atoms with E-state index >= 15 is 0 Å². The van der Waals surface area contributed by atoms with Crippen LogP contribution in [0.1, 0.15) is 22.9 Å². The van der Waals surface area contributed by atoms with E-state index in [1.165, 1.54) is 0 Å². The van der Waals surface area contributed by atoms with Crippen molar-refractivity contribution in [3.63, 3.8) is 0 Å². The Kier molecular flexibility index (Phi) is 4.32. The van der Waals surface area contributed by atoms with Crippen molar-refractivity contribution in [1.29, 1.82) is 0 Å². The summed E-state index contributed by atoms with van der Waals surface area (Å²) in [4.78, 5) is 15.8. The van der Waals surface area contributed by atoms with Crippen molar-refractivity contribution < 1.29 is 9.90 Å². The predicted molar refractivity (Wildman–Crippen MR) is 77.2 cm³/mol. The van der Waals surface area contributed by atoms with Gasteiger partial charge >= 0.3 is 5.97 Å². The molecule has 98 valence electrons. The van der Waals surface area contributed by atoms with Crippen LogP contribution in [0.4, 0.5) is 0 Å². The quantitative estimate of drug-likeness (QED) is 0.937. The van der Waals surface area contributed by atoms with Gasteiger partial charge in [0.05, 0.1) is 11.4 Å². The highest BCUT2D eigenvalue weighted by atomic mass is 79.9. The molecule has 0 bridgehead atoms. The van der Waals surface area contributed by atoms with Crippen LogP contribution in [0.5, 0.6) is 0 Å². The monoisotopic (exact) mass is 319 g/mol. The summed E-state index contributed by atoms with van der Waals surface area (Å²) < 4.78 is 0.889. The molecule has 0 radical (unpaired) electrons. The van der Waals surface area contributed by atoms with Gasteiger partial charge in [-0.15, -0.1) is 0 Å². The molecule has 19 heavy (non-hydrogen) atoms. The predicted octanol–water partition coefficient (Wildman–Crippen LogP) is 3.56. The van der Waals surface area contributed by atoms with Crippen molar-refractivity contribution in [2.75, 3.05) is 0 Å². The normalized spacial score (nSPS) is 12.1. The van der Waals surface area contributed by atoms with Gasteiger partial charge in [0.2, 0.25) is 0 Å². The third-order valence-corrected chi connectivity index (χ3v) is 3.82. The summed E-state index contributed by atoms with van der Waals surface area (Å²) in [5.74, 6) is -1.47. The standard InChI is InChI=1S/C15H14BrNO2/c1-10-13(16)7-8-14(17-10)12(15(18)19)9-11-5-3-2-4-6-11/h2-8,12H,9H2,1H3,(H,18,19). The number of carboxylic acid groups (broad SMARTS) is 1. The van der Waals surface area contributed by atoms with Crippen LogP contribution >= 0.6 is 15.9 Å². The van der Waals surface area contributed by atoms with Crippen molar-refractivity contribution in [3.05, 3.63) is 63.9 Å². The molecule has 0 saturated carbocycles. The first-order chi connectivity index (χ1) is 9.08. The summed E-state index contributed by atoms with van der Waals surface area (Å²) in [6, 6.07) is 13.2. The van der Waals surface area contributed by atoms with Gasteiger partial charge in [-0.25, -0.2) is 0 Å². The molecule has 3 nitrogen and oxygen atoms in total. The summed E-state index contributed by atoms with van der Waals surface area (Å²) in [7, 11) is 0. The Bertz CT molecular complexity index is 584. The highest BCUT2D eigenvalue weighted by molar-refractivity contribution is 9.10. The smallest absolute Gasteiger partial charge is 0.312 e. The third kappa shape index (κ3) is 3.41. The maximum Gasteiger partial charge on any atom is 0.312 e. The number of aromatic nitrogens is 1. The SMILES string of the molecule is Cc1nc(C(Cc2ccccc2)C(=O)O)ccc1Br. The molecule has 1 aromatic heterocycles.